The third kappa shape index (κ3) is 2.89. The Kier molecular flexibility index (Phi) is 3.58. The number of aromatic nitrogens is 3. The maximum absolute atomic E-state index is 13.0. The van der Waals surface area contributed by atoms with Crippen molar-refractivity contribution < 1.29 is 12.8 Å². The molecule has 2 heterocycles. The number of benzene rings is 1. The highest BCUT2D eigenvalue weighted by Crippen LogP contribution is 2.41. The second-order valence-corrected chi connectivity index (χ2v) is 8.14. The van der Waals surface area contributed by atoms with Crippen LogP contribution in [0, 0.1) is 12.8 Å². The predicted molar refractivity (Wildman–Crippen MR) is 90.6 cm³/mol. The van der Waals surface area contributed by atoms with E-state index in [-0.39, 0.29) is 22.4 Å². The first-order valence-corrected chi connectivity index (χ1v) is 9.46. The molecule has 1 aliphatic rings. The van der Waals surface area contributed by atoms with Gasteiger partial charge >= 0.3 is 5.76 Å². The molecule has 0 bridgehead atoms. The van der Waals surface area contributed by atoms with Gasteiger partial charge in [0.25, 0.3) is 0 Å². The van der Waals surface area contributed by atoms with Crippen molar-refractivity contribution in [1.29, 1.82) is 0 Å². The number of H-pyrrole nitrogens is 1. The van der Waals surface area contributed by atoms with Crippen molar-refractivity contribution >= 4 is 21.1 Å². The number of aryl methyl sites for hydroxylation is 2. The number of aromatic amines is 1. The smallest absolute Gasteiger partial charge is 0.408 e. The summed E-state index contributed by atoms with van der Waals surface area (Å²) in [6.45, 7) is 1.69. The molecular weight excluding hydrogens is 344 g/mol. The lowest BCUT2D eigenvalue weighted by Gasteiger charge is -2.19. The lowest BCUT2D eigenvalue weighted by Crippen LogP contribution is -2.32. The molecule has 0 amide bonds. The highest BCUT2D eigenvalue weighted by atomic mass is 32.2. The van der Waals surface area contributed by atoms with Crippen LogP contribution in [0.2, 0.25) is 0 Å². The molecule has 1 saturated carbocycles. The van der Waals surface area contributed by atoms with Crippen molar-refractivity contribution in [2.24, 2.45) is 13.0 Å². The monoisotopic (exact) mass is 362 g/mol. The summed E-state index contributed by atoms with van der Waals surface area (Å²) in [5.74, 6) is 0.323. The van der Waals surface area contributed by atoms with Gasteiger partial charge in [0, 0.05) is 25.5 Å². The van der Waals surface area contributed by atoms with E-state index in [9.17, 15) is 13.2 Å². The number of hydrogen-bond donors (Lipinski definition) is 2. The summed E-state index contributed by atoms with van der Waals surface area (Å²) in [6, 6.07) is 2.60. The topological polar surface area (TPSA) is 110 Å². The van der Waals surface area contributed by atoms with Crippen molar-refractivity contribution in [1.82, 2.24) is 19.3 Å². The zero-order valence-corrected chi connectivity index (χ0v) is 14.6. The van der Waals surface area contributed by atoms with E-state index in [1.807, 2.05) is 11.6 Å². The third-order valence-electron chi connectivity index (χ3n) is 4.52. The summed E-state index contributed by atoms with van der Waals surface area (Å²) in [4.78, 5) is 18.3. The van der Waals surface area contributed by atoms with Crippen LogP contribution in [0.3, 0.4) is 0 Å². The molecule has 2 N–H and O–H groups in total. The van der Waals surface area contributed by atoms with Crippen molar-refractivity contribution in [3.63, 3.8) is 0 Å². The molecule has 0 radical (unpaired) electrons. The van der Waals surface area contributed by atoms with E-state index < -0.39 is 15.8 Å². The van der Waals surface area contributed by atoms with Gasteiger partial charge in [-0.05, 0) is 37.3 Å². The van der Waals surface area contributed by atoms with Gasteiger partial charge in [0.2, 0.25) is 10.0 Å². The SMILES string of the molecule is Cc1cc2[nH]c(=O)oc2cc1S(=O)(=O)N[C@H](c1nccn1C)C1CC1. The van der Waals surface area contributed by atoms with Gasteiger partial charge in [0.15, 0.2) is 5.58 Å². The molecule has 3 aromatic rings. The Morgan fingerprint density at radius 2 is 2.16 bits per heavy atom. The summed E-state index contributed by atoms with van der Waals surface area (Å²) in [5.41, 5.74) is 1.23. The van der Waals surface area contributed by atoms with Gasteiger partial charge in [-0.15, -0.1) is 0 Å². The minimum absolute atomic E-state index is 0.0996. The number of hydrogen-bond acceptors (Lipinski definition) is 5. The standard InChI is InChI=1S/C16H18N4O4S/c1-9-7-11-12(24-16(21)18-11)8-13(9)25(22,23)19-14(10-3-4-10)15-17-5-6-20(15)2/h5-8,10,14,19H,3-4H2,1-2H3,(H,18,21)/t14-/m0/s1. The van der Waals surface area contributed by atoms with Crippen LogP contribution in [0.4, 0.5) is 0 Å². The molecule has 2 aromatic heterocycles. The Hall–Kier alpha value is -2.39. The Bertz CT molecular complexity index is 1100. The molecule has 0 unspecified atom stereocenters. The molecule has 0 aliphatic heterocycles. The van der Waals surface area contributed by atoms with E-state index >= 15 is 0 Å². The Balaban J connectivity index is 1.75. The van der Waals surface area contributed by atoms with Crippen LogP contribution in [0.5, 0.6) is 0 Å². The molecule has 1 fully saturated rings. The van der Waals surface area contributed by atoms with Crippen LogP contribution in [0.15, 0.2) is 38.6 Å². The fourth-order valence-electron chi connectivity index (χ4n) is 3.07. The molecule has 1 atom stereocenters. The van der Waals surface area contributed by atoms with E-state index in [2.05, 4.69) is 14.7 Å². The Labute approximate surface area is 143 Å². The van der Waals surface area contributed by atoms with Crippen LogP contribution in [0.25, 0.3) is 11.1 Å². The highest BCUT2D eigenvalue weighted by molar-refractivity contribution is 7.89. The van der Waals surface area contributed by atoms with Crippen molar-refractivity contribution in [2.45, 2.75) is 30.7 Å². The molecule has 0 spiro atoms. The van der Waals surface area contributed by atoms with Gasteiger partial charge in [-0.1, -0.05) is 0 Å². The van der Waals surface area contributed by atoms with Crippen LogP contribution in [-0.4, -0.2) is 23.0 Å². The van der Waals surface area contributed by atoms with Crippen molar-refractivity contribution in [3.8, 4) is 0 Å². The summed E-state index contributed by atoms with van der Waals surface area (Å²) < 4.78 is 35.6. The van der Waals surface area contributed by atoms with Gasteiger partial charge in [-0.25, -0.2) is 22.9 Å². The van der Waals surface area contributed by atoms with Crippen LogP contribution < -0.4 is 10.5 Å². The largest absolute Gasteiger partial charge is 0.417 e. The molecule has 0 saturated heterocycles. The molecule has 1 aliphatic carbocycles. The molecule has 132 valence electrons. The summed E-state index contributed by atoms with van der Waals surface area (Å²) in [5, 5.41) is 0. The second-order valence-electron chi connectivity index (χ2n) is 6.46. The summed E-state index contributed by atoms with van der Waals surface area (Å²) in [6.07, 6.45) is 5.38. The summed E-state index contributed by atoms with van der Waals surface area (Å²) >= 11 is 0. The quantitative estimate of drug-likeness (QED) is 0.716. The first kappa shape index (κ1) is 16.1. The van der Waals surface area contributed by atoms with Crippen LogP contribution in [-0.2, 0) is 17.1 Å². The minimum Gasteiger partial charge on any atom is -0.408 e. The van der Waals surface area contributed by atoms with E-state index in [1.54, 1.807) is 25.4 Å². The zero-order chi connectivity index (χ0) is 17.8. The van der Waals surface area contributed by atoms with Gasteiger partial charge in [-0.3, -0.25) is 4.98 Å². The minimum atomic E-state index is -3.80. The van der Waals surface area contributed by atoms with Crippen LogP contribution in [0.1, 0.15) is 30.3 Å². The van der Waals surface area contributed by atoms with Crippen molar-refractivity contribution in [2.75, 3.05) is 0 Å². The number of oxazole rings is 1. The fourth-order valence-corrected chi connectivity index (χ4v) is 4.58. The molecule has 9 heteroatoms. The molecular formula is C16H18N4O4S. The Morgan fingerprint density at radius 1 is 1.40 bits per heavy atom. The number of rotatable bonds is 5. The van der Waals surface area contributed by atoms with E-state index in [4.69, 9.17) is 4.42 Å². The van der Waals surface area contributed by atoms with Gasteiger partial charge in [0.1, 0.15) is 5.82 Å². The maximum atomic E-state index is 13.0. The number of sulfonamides is 1. The number of fused-ring (bicyclic) bond motifs is 1. The average molecular weight is 362 g/mol. The van der Waals surface area contributed by atoms with E-state index in [1.165, 1.54) is 6.07 Å². The van der Waals surface area contributed by atoms with E-state index in [0.29, 0.717) is 16.9 Å². The normalized spacial score (nSPS) is 16.4. The maximum Gasteiger partial charge on any atom is 0.417 e. The van der Waals surface area contributed by atoms with E-state index in [0.717, 1.165) is 12.8 Å². The fraction of sp³-hybridized carbons (Fsp3) is 0.375. The lowest BCUT2D eigenvalue weighted by molar-refractivity contribution is 0.499. The predicted octanol–water partition coefficient (Wildman–Crippen LogP) is 1.59. The second kappa shape index (κ2) is 5.57. The van der Waals surface area contributed by atoms with Gasteiger partial charge in [0.05, 0.1) is 16.5 Å². The average Bonchev–Trinajstić information content (AvgIpc) is 3.19. The molecule has 1 aromatic carbocycles. The van der Waals surface area contributed by atoms with Crippen molar-refractivity contribution in [3.05, 3.63) is 46.5 Å². The number of nitrogens with one attached hydrogen (secondary N) is 2. The Morgan fingerprint density at radius 3 is 2.80 bits per heavy atom. The highest BCUT2D eigenvalue weighted by Gasteiger charge is 2.38. The molecule has 4 rings (SSSR count). The number of nitrogens with zero attached hydrogens (tertiary/aromatic N) is 2. The molecule has 8 nitrogen and oxygen atoms in total. The third-order valence-corrected chi connectivity index (χ3v) is 6.10. The zero-order valence-electron chi connectivity index (χ0n) is 13.8. The molecule has 25 heavy (non-hydrogen) atoms. The lowest BCUT2D eigenvalue weighted by atomic mass is 10.2. The van der Waals surface area contributed by atoms with Gasteiger partial charge in [-0.2, -0.15) is 0 Å². The van der Waals surface area contributed by atoms with Gasteiger partial charge < -0.3 is 8.98 Å². The number of imidazole rings is 1. The first-order chi connectivity index (χ1) is 11.8. The van der Waals surface area contributed by atoms with Crippen LogP contribution >= 0.6 is 0 Å². The summed E-state index contributed by atoms with van der Waals surface area (Å²) in [7, 11) is -1.95. The first-order valence-electron chi connectivity index (χ1n) is 7.98.